The highest BCUT2D eigenvalue weighted by Gasteiger charge is 2.45. The molecule has 1 fully saturated rings. The predicted molar refractivity (Wildman–Crippen MR) is 139 cm³/mol. The Hall–Kier alpha value is -4.72. The number of phenols is 1. The number of amides is 1. The molecule has 1 aliphatic heterocycles. The van der Waals surface area contributed by atoms with Gasteiger partial charge in [-0.2, -0.15) is 0 Å². The van der Waals surface area contributed by atoms with E-state index in [0.717, 1.165) is 22.2 Å². The molecule has 3 aromatic carbocycles. The number of ketones is 1. The number of aromatic nitrogens is 1. The minimum atomic E-state index is -0.817. The number of aromatic hydroxyl groups is 1. The van der Waals surface area contributed by atoms with Gasteiger partial charge in [0, 0.05) is 29.2 Å². The van der Waals surface area contributed by atoms with Crippen molar-refractivity contribution in [2.24, 2.45) is 0 Å². The van der Waals surface area contributed by atoms with Crippen LogP contribution in [0, 0.1) is 0 Å². The lowest BCUT2D eigenvalue weighted by atomic mass is 9.95. The van der Waals surface area contributed by atoms with Crippen LogP contribution in [0.2, 0.25) is 0 Å². The van der Waals surface area contributed by atoms with Gasteiger partial charge in [-0.3, -0.25) is 9.59 Å². The van der Waals surface area contributed by atoms with Crippen molar-refractivity contribution in [1.82, 2.24) is 9.88 Å². The number of carbonyl (C=O) groups excluding carboxylic acids is 2. The highest BCUT2D eigenvalue weighted by molar-refractivity contribution is 6.46. The number of fused-ring (bicyclic) bond motifs is 1. The first-order valence-electron chi connectivity index (χ1n) is 11.8. The van der Waals surface area contributed by atoms with Gasteiger partial charge in [0.05, 0.1) is 25.8 Å². The van der Waals surface area contributed by atoms with Gasteiger partial charge in [-0.1, -0.05) is 12.1 Å². The average molecular weight is 499 g/mol. The summed E-state index contributed by atoms with van der Waals surface area (Å²) in [6.45, 7) is 0.236. The molecule has 1 atom stereocenters. The normalized spacial score (nSPS) is 16.9. The number of aliphatic hydroxyl groups is 1. The average Bonchev–Trinajstić information content (AvgIpc) is 3.44. The number of hydrogen-bond acceptors (Lipinski definition) is 6. The van der Waals surface area contributed by atoms with Crippen molar-refractivity contribution in [1.29, 1.82) is 0 Å². The van der Waals surface area contributed by atoms with Crippen LogP contribution in [0.15, 0.2) is 78.5 Å². The summed E-state index contributed by atoms with van der Waals surface area (Å²) < 4.78 is 10.5. The summed E-state index contributed by atoms with van der Waals surface area (Å²) >= 11 is 0. The maximum atomic E-state index is 13.3. The number of hydrogen-bond donors (Lipinski definition) is 3. The van der Waals surface area contributed by atoms with Crippen molar-refractivity contribution in [3.63, 3.8) is 0 Å². The molecule has 0 bridgehead atoms. The second-order valence-corrected chi connectivity index (χ2v) is 8.79. The number of benzene rings is 3. The number of ether oxygens (including phenoxy) is 2. The number of likely N-dealkylation sites (tertiary alicyclic amines) is 1. The maximum Gasteiger partial charge on any atom is 0.295 e. The number of phenolic OH excluding ortho intramolecular Hbond substituents is 1. The fourth-order valence-electron chi connectivity index (χ4n) is 4.75. The molecule has 188 valence electrons. The molecule has 0 saturated carbocycles. The first-order chi connectivity index (χ1) is 17.9. The molecule has 1 aliphatic rings. The molecule has 0 aliphatic carbocycles. The first kappa shape index (κ1) is 24.0. The molecule has 0 unspecified atom stereocenters. The molecule has 1 amide bonds. The van der Waals surface area contributed by atoms with Gasteiger partial charge in [0.1, 0.15) is 23.0 Å². The van der Waals surface area contributed by atoms with E-state index < -0.39 is 17.7 Å². The molecule has 3 N–H and O–H groups in total. The third-order valence-corrected chi connectivity index (χ3v) is 6.71. The summed E-state index contributed by atoms with van der Waals surface area (Å²) in [5, 5.41) is 22.0. The Morgan fingerprint density at radius 3 is 2.30 bits per heavy atom. The fraction of sp³-hybridized carbons (Fsp3) is 0.172. The summed E-state index contributed by atoms with van der Waals surface area (Å²) in [6, 6.07) is 17.8. The molecule has 0 radical (unpaired) electrons. The molecule has 4 aromatic rings. The van der Waals surface area contributed by atoms with Crippen LogP contribution in [0.5, 0.6) is 17.2 Å². The number of aromatic amines is 1. The number of H-pyrrole nitrogens is 1. The topological polar surface area (TPSA) is 112 Å². The van der Waals surface area contributed by atoms with Crippen molar-refractivity contribution in [2.45, 2.75) is 12.5 Å². The van der Waals surface area contributed by atoms with Gasteiger partial charge in [-0.05, 0) is 72.1 Å². The molecule has 5 rings (SSSR count). The van der Waals surface area contributed by atoms with E-state index in [2.05, 4.69) is 4.98 Å². The van der Waals surface area contributed by atoms with Crippen molar-refractivity contribution in [3.05, 3.63) is 95.2 Å². The van der Waals surface area contributed by atoms with Gasteiger partial charge >= 0.3 is 0 Å². The third-order valence-electron chi connectivity index (χ3n) is 6.71. The Balaban J connectivity index is 1.54. The zero-order valence-corrected chi connectivity index (χ0v) is 20.4. The lowest BCUT2D eigenvalue weighted by Gasteiger charge is -2.25. The third kappa shape index (κ3) is 4.38. The van der Waals surface area contributed by atoms with E-state index in [4.69, 9.17) is 9.47 Å². The highest BCUT2D eigenvalue weighted by atomic mass is 16.5. The Morgan fingerprint density at radius 1 is 0.946 bits per heavy atom. The minimum Gasteiger partial charge on any atom is -0.508 e. The lowest BCUT2D eigenvalue weighted by Crippen LogP contribution is -2.31. The second-order valence-electron chi connectivity index (χ2n) is 8.79. The zero-order valence-electron chi connectivity index (χ0n) is 20.4. The summed E-state index contributed by atoms with van der Waals surface area (Å²) in [5.74, 6) is -0.334. The van der Waals surface area contributed by atoms with E-state index in [0.29, 0.717) is 23.3 Å². The number of methoxy groups -OCH3 is 2. The van der Waals surface area contributed by atoms with Crippen molar-refractivity contribution >= 4 is 28.4 Å². The van der Waals surface area contributed by atoms with Crippen molar-refractivity contribution in [2.75, 3.05) is 20.8 Å². The zero-order chi connectivity index (χ0) is 26.1. The van der Waals surface area contributed by atoms with Gasteiger partial charge in [-0.25, -0.2) is 0 Å². The Labute approximate surface area is 213 Å². The SMILES string of the molecule is COc1ccc(C(O)=C2C(=O)C(=O)N(CCc3c[nH]c4ccc(OC)cc34)[C@@H]2c2ccc(O)cc2)cc1. The number of nitrogens with zero attached hydrogens (tertiary/aromatic N) is 1. The molecule has 2 heterocycles. The number of rotatable bonds is 7. The quantitative estimate of drug-likeness (QED) is 0.196. The van der Waals surface area contributed by atoms with E-state index in [-0.39, 0.29) is 23.6 Å². The fourth-order valence-corrected chi connectivity index (χ4v) is 4.75. The van der Waals surface area contributed by atoms with Crippen LogP contribution in [-0.4, -0.2) is 52.6 Å². The van der Waals surface area contributed by atoms with Crippen LogP contribution in [-0.2, 0) is 16.0 Å². The largest absolute Gasteiger partial charge is 0.508 e. The summed E-state index contributed by atoms with van der Waals surface area (Å²) in [4.78, 5) is 31.2. The van der Waals surface area contributed by atoms with Crippen LogP contribution in [0.3, 0.4) is 0 Å². The van der Waals surface area contributed by atoms with E-state index in [1.54, 1.807) is 43.5 Å². The van der Waals surface area contributed by atoms with Crippen LogP contribution in [0.25, 0.3) is 16.7 Å². The lowest BCUT2D eigenvalue weighted by molar-refractivity contribution is -0.139. The molecular formula is C29H26N2O6. The smallest absolute Gasteiger partial charge is 0.295 e. The molecule has 1 aromatic heterocycles. The summed E-state index contributed by atoms with van der Waals surface area (Å²) in [7, 11) is 3.14. The summed E-state index contributed by atoms with van der Waals surface area (Å²) in [6.07, 6.45) is 2.35. The maximum absolute atomic E-state index is 13.3. The molecule has 8 heteroatoms. The van der Waals surface area contributed by atoms with Crippen molar-refractivity contribution in [3.8, 4) is 17.2 Å². The van der Waals surface area contributed by atoms with Crippen LogP contribution >= 0.6 is 0 Å². The first-order valence-corrected chi connectivity index (χ1v) is 11.8. The van der Waals surface area contributed by atoms with Gasteiger partial charge in [-0.15, -0.1) is 0 Å². The van der Waals surface area contributed by atoms with Gasteiger partial charge in [0.2, 0.25) is 0 Å². The van der Waals surface area contributed by atoms with E-state index >= 15 is 0 Å². The molecule has 8 nitrogen and oxygen atoms in total. The highest BCUT2D eigenvalue weighted by Crippen LogP contribution is 2.40. The number of carbonyl (C=O) groups is 2. The monoisotopic (exact) mass is 498 g/mol. The van der Waals surface area contributed by atoms with Crippen molar-refractivity contribution < 1.29 is 29.3 Å². The van der Waals surface area contributed by atoms with E-state index in [1.807, 2.05) is 24.4 Å². The number of Topliss-reactive ketones (excluding diaryl/α,β-unsaturated/α-hetero) is 1. The Kier molecular flexibility index (Phi) is 6.31. The van der Waals surface area contributed by atoms with Gasteiger partial charge in [0.25, 0.3) is 11.7 Å². The summed E-state index contributed by atoms with van der Waals surface area (Å²) in [5.41, 5.74) is 2.91. The molecular weight excluding hydrogens is 472 g/mol. The van der Waals surface area contributed by atoms with Crippen LogP contribution < -0.4 is 9.47 Å². The number of aliphatic hydroxyl groups excluding tert-OH is 1. The van der Waals surface area contributed by atoms with Crippen LogP contribution in [0.4, 0.5) is 0 Å². The molecule has 0 spiro atoms. The second kappa shape index (κ2) is 9.73. The van der Waals surface area contributed by atoms with E-state index in [9.17, 15) is 19.8 Å². The Bertz CT molecular complexity index is 1500. The van der Waals surface area contributed by atoms with Crippen LogP contribution in [0.1, 0.15) is 22.7 Å². The Morgan fingerprint density at radius 2 is 1.62 bits per heavy atom. The number of nitrogens with one attached hydrogen (secondary N) is 1. The standard InChI is InChI=1S/C29H26N2O6/c1-36-21-9-5-18(6-10-21)27(33)25-26(17-3-7-20(32)8-4-17)31(29(35)28(25)34)14-13-19-16-30-24-12-11-22(37-2)15-23(19)24/h3-12,15-16,26,30,32-33H,13-14H2,1-2H3/t26-/m1/s1. The minimum absolute atomic E-state index is 0.00134. The molecule has 37 heavy (non-hydrogen) atoms. The predicted octanol–water partition coefficient (Wildman–Crippen LogP) is 4.56. The molecule has 1 saturated heterocycles. The van der Waals surface area contributed by atoms with E-state index in [1.165, 1.54) is 24.1 Å². The van der Waals surface area contributed by atoms with Gasteiger partial charge < -0.3 is 29.6 Å². The van der Waals surface area contributed by atoms with Gasteiger partial charge in [0.15, 0.2) is 0 Å².